The molecule has 4 heteroatoms. The number of benzene rings is 1. The Balaban J connectivity index is 0. The Morgan fingerprint density at radius 1 is 1.17 bits per heavy atom. The van der Waals surface area contributed by atoms with Crippen LogP contribution in [0.3, 0.4) is 0 Å². The quantitative estimate of drug-likeness (QED) is 0.492. The van der Waals surface area contributed by atoms with Crippen molar-refractivity contribution in [1.82, 2.24) is 4.98 Å². The van der Waals surface area contributed by atoms with Gasteiger partial charge < -0.3 is 29.8 Å². The minimum Gasteiger partial charge on any atom is -1.00 e. The summed E-state index contributed by atoms with van der Waals surface area (Å²) in [6.45, 7) is 0. The van der Waals surface area contributed by atoms with Crippen molar-refractivity contribution < 1.29 is 49.0 Å². The molecular weight excluding hydrogens is 344 g/mol. The standard InChI is InChI=1S/C8H6N.C5H5.CH2.2ClH.Zr/c1-2-4-8-7(3-1)5-6-9-8;1-2-4-5-3-1;;;;/h1-5,9H;1-3H,4H2;1H2;2*1H;/q2*-1;;;;+2/p-2. The Labute approximate surface area is 136 Å². The molecule has 94 valence electrons. The second-order valence-electron chi connectivity index (χ2n) is 3.00. The summed E-state index contributed by atoms with van der Waals surface area (Å²) in [5.74, 6) is 0. The number of fused-ring (bicyclic) bond motifs is 1. The normalized spacial score (nSPS) is 10.3. The van der Waals surface area contributed by atoms with E-state index < -0.39 is 0 Å². The van der Waals surface area contributed by atoms with E-state index in [4.69, 9.17) is 0 Å². The van der Waals surface area contributed by atoms with Crippen molar-refractivity contribution in [3.63, 3.8) is 0 Å². The maximum absolute atomic E-state index is 3.34. The molecule has 3 rings (SSSR count). The van der Waals surface area contributed by atoms with Crippen LogP contribution >= 0.6 is 0 Å². The summed E-state index contributed by atoms with van der Waals surface area (Å²) in [6.07, 6.45) is 12.9. The van der Waals surface area contributed by atoms with Crippen LogP contribution in [0.25, 0.3) is 10.9 Å². The van der Waals surface area contributed by atoms with Gasteiger partial charge in [0.2, 0.25) is 0 Å². The van der Waals surface area contributed by atoms with Gasteiger partial charge in [0.15, 0.2) is 0 Å². The van der Waals surface area contributed by atoms with E-state index >= 15 is 0 Å². The van der Waals surface area contributed by atoms with Crippen LogP contribution in [0.4, 0.5) is 0 Å². The van der Waals surface area contributed by atoms with Gasteiger partial charge in [-0.1, -0.05) is 12.1 Å². The average Bonchev–Trinajstić information content (AvgIpc) is 3.06. The Kier molecular flexibility index (Phi) is 14.4. The zero-order valence-corrected chi connectivity index (χ0v) is 13.8. The van der Waals surface area contributed by atoms with E-state index in [0.717, 1.165) is 11.9 Å². The van der Waals surface area contributed by atoms with Crippen LogP contribution in [0.5, 0.6) is 0 Å². The van der Waals surface area contributed by atoms with Gasteiger partial charge in [0.1, 0.15) is 0 Å². The minimum absolute atomic E-state index is 0. The molecule has 0 aliphatic heterocycles. The summed E-state index contributed by atoms with van der Waals surface area (Å²) in [5.41, 5.74) is 1.15. The molecule has 0 unspecified atom stereocenters. The third-order valence-electron chi connectivity index (χ3n) is 1.98. The monoisotopic (exact) mass is 355 g/mol. The van der Waals surface area contributed by atoms with Crippen molar-refractivity contribution in [3.8, 4) is 0 Å². The Morgan fingerprint density at radius 2 is 1.89 bits per heavy atom. The number of nitrogens with one attached hydrogen (secondary N) is 1. The number of allylic oxidation sites excluding steroid dienone is 4. The van der Waals surface area contributed by atoms with Crippen LogP contribution < -0.4 is 24.8 Å². The number of rotatable bonds is 0. The Bertz CT molecular complexity index is 437. The minimum atomic E-state index is 0. The molecule has 0 radical (unpaired) electrons. The molecule has 1 aliphatic rings. The summed E-state index contributed by atoms with van der Waals surface area (Å²) in [7, 11) is 0. The number of aromatic nitrogens is 1. The van der Waals surface area contributed by atoms with Crippen molar-refractivity contribution in [2.45, 2.75) is 6.42 Å². The van der Waals surface area contributed by atoms with Crippen molar-refractivity contribution in [2.75, 3.05) is 0 Å². The second-order valence-corrected chi connectivity index (χ2v) is 3.00. The molecule has 0 amide bonds. The van der Waals surface area contributed by atoms with Gasteiger partial charge in [0, 0.05) is 0 Å². The zero-order chi connectivity index (χ0) is 11.6. The predicted molar refractivity (Wildman–Crippen MR) is 65.8 cm³/mol. The van der Waals surface area contributed by atoms with E-state index in [2.05, 4.69) is 33.6 Å². The van der Waals surface area contributed by atoms with Gasteiger partial charge in [-0.25, -0.2) is 12.2 Å². The van der Waals surface area contributed by atoms with Gasteiger partial charge in [-0.2, -0.15) is 17.5 Å². The van der Waals surface area contributed by atoms with Gasteiger partial charge >= 0.3 is 28.4 Å². The molecule has 1 aromatic carbocycles. The van der Waals surface area contributed by atoms with Crippen LogP contribution in [0.2, 0.25) is 0 Å². The Hall–Kier alpha value is -0.427. The predicted octanol–water partition coefficient (Wildman–Crippen LogP) is -2.75. The summed E-state index contributed by atoms with van der Waals surface area (Å²) in [6, 6.07) is 10.1. The summed E-state index contributed by atoms with van der Waals surface area (Å²) in [5, 5.41) is 1.22. The van der Waals surface area contributed by atoms with E-state index in [1.807, 2.05) is 36.4 Å². The molecule has 2 aromatic rings. The molecule has 1 heterocycles. The number of hydrogen-bond donors (Lipinski definition) is 1. The number of aromatic amines is 1. The van der Waals surface area contributed by atoms with Crippen molar-refractivity contribution in [1.29, 1.82) is 0 Å². The largest absolute Gasteiger partial charge is 1.00 e. The Morgan fingerprint density at radius 3 is 2.39 bits per heavy atom. The molecule has 1 nitrogen and oxygen atoms in total. The van der Waals surface area contributed by atoms with E-state index in [-0.39, 0.29) is 24.8 Å². The van der Waals surface area contributed by atoms with Gasteiger partial charge in [-0.15, -0.1) is 30.3 Å². The van der Waals surface area contributed by atoms with Crippen molar-refractivity contribution >= 4 is 15.1 Å². The second kappa shape index (κ2) is 13.0. The SMILES string of the molecule is [C-]1=CC=CC1.[CH2]=[Zr+2].[Cl-].[Cl-].[c-]1cc2ccccc2[nH]1. The maximum Gasteiger partial charge on any atom is -0.0745 e. The third-order valence-corrected chi connectivity index (χ3v) is 1.98. The molecule has 0 saturated carbocycles. The fourth-order valence-electron chi connectivity index (χ4n) is 1.27. The topological polar surface area (TPSA) is 15.8 Å². The first-order valence-corrected chi connectivity index (χ1v) is 6.71. The first-order valence-electron chi connectivity index (χ1n) is 4.98. The summed E-state index contributed by atoms with van der Waals surface area (Å²) < 4.78 is 3.34. The molecule has 18 heavy (non-hydrogen) atoms. The number of hydrogen-bond acceptors (Lipinski definition) is 0. The molecule has 0 fully saturated rings. The van der Waals surface area contributed by atoms with Gasteiger partial charge in [-0.3, -0.25) is 6.08 Å². The fourth-order valence-corrected chi connectivity index (χ4v) is 1.27. The van der Waals surface area contributed by atoms with E-state index in [1.165, 1.54) is 29.6 Å². The molecule has 0 saturated heterocycles. The van der Waals surface area contributed by atoms with Crippen LogP contribution in [-0.2, 0) is 24.2 Å². The molecule has 1 aliphatic carbocycles. The van der Waals surface area contributed by atoms with Crippen LogP contribution in [-0.4, -0.2) is 9.20 Å². The number of para-hydroxylation sites is 1. The molecule has 0 bridgehead atoms. The van der Waals surface area contributed by atoms with E-state index in [0.29, 0.717) is 0 Å². The van der Waals surface area contributed by atoms with Crippen LogP contribution in [0.15, 0.2) is 48.6 Å². The fraction of sp³-hybridized carbons (Fsp3) is 0.0714. The van der Waals surface area contributed by atoms with E-state index in [1.54, 1.807) is 0 Å². The maximum atomic E-state index is 3.34. The van der Waals surface area contributed by atoms with Crippen LogP contribution in [0.1, 0.15) is 6.42 Å². The first kappa shape index (κ1) is 19.9. The number of H-pyrrole nitrogens is 1. The first-order chi connectivity index (χ1) is 7.97. The molecule has 1 aromatic heterocycles. The third kappa shape index (κ3) is 7.11. The molecular formula is C14H13Cl2NZr-2. The van der Waals surface area contributed by atoms with Crippen molar-refractivity contribution in [2.24, 2.45) is 0 Å². The average molecular weight is 357 g/mol. The van der Waals surface area contributed by atoms with Gasteiger partial charge in [-0.05, 0) is 0 Å². The van der Waals surface area contributed by atoms with Gasteiger partial charge in [0.05, 0.1) is 0 Å². The molecule has 1 N–H and O–H groups in total. The zero-order valence-electron chi connectivity index (χ0n) is 9.79. The van der Waals surface area contributed by atoms with Gasteiger partial charge in [0.25, 0.3) is 0 Å². The number of halogens is 2. The summed E-state index contributed by atoms with van der Waals surface area (Å²) in [4.78, 5) is 2.99. The summed E-state index contributed by atoms with van der Waals surface area (Å²) >= 11 is 1.30. The van der Waals surface area contributed by atoms with Crippen LogP contribution in [0, 0.1) is 12.3 Å². The molecule has 0 spiro atoms. The van der Waals surface area contributed by atoms with Crippen molar-refractivity contribution in [3.05, 3.63) is 60.8 Å². The van der Waals surface area contributed by atoms with E-state index in [9.17, 15) is 0 Å². The molecule has 0 atom stereocenters. The smallest absolute Gasteiger partial charge is 0.0745 e.